The van der Waals surface area contributed by atoms with E-state index >= 15 is 0 Å². The SMILES string of the molecule is CN(C)CCC(Cl)(CCN(C)C)CCN(C)CCCO. The molecule has 0 aromatic heterocycles. The van der Waals surface area contributed by atoms with Crippen LogP contribution in [0.1, 0.15) is 25.7 Å². The monoisotopic (exact) mass is 307 g/mol. The van der Waals surface area contributed by atoms with E-state index < -0.39 is 0 Å². The fourth-order valence-electron chi connectivity index (χ4n) is 2.07. The van der Waals surface area contributed by atoms with Crippen LogP contribution in [-0.2, 0) is 0 Å². The number of nitrogens with zero attached hydrogens (tertiary/aromatic N) is 3. The van der Waals surface area contributed by atoms with Crippen molar-refractivity contribution >= 4 is 11.6 Å². The third-order valence-electron chi connectivity index (χ3n) is 3.65. The van der Waals surface area contributed by atoms with Gasteiger partial charge in [0.15, 0.2) is 0 Å². The van der Waals surface area contributed by atoms with Crippen molar-refractivity contribution in [1.29, 1.82) is 0 Å². The molecule has 0 saturated heterocycles. The van der Waals surface area contributed by atoms with E-state index in [9.17, 15) is 0 Å². The average Bonchev–Trinajstić information content (AvgIpc) is 2.38. The minimum atomic E-state index is -0.123. The lowest BCUT2D eigenvalue weighted by atomic mass is 9.95. The highest BCUT2D eigenvalue weighted by Crippen LogP contribution is 2.29. The van der Waals surface area contributed by atoms with Gasteiger partial charge in [-0.15, -0.1) is 11.6 Å². The van der Waals surface area contributed by atoms with E-state index in [2.05, 4.69) is 49.9 Å². The molecule has 4 nitrogen and oxygen atoms in total. The van der Waals surface area contributed by atoms with Crippen LogP contribution in [0.25, 0.3) is 0 Å². The second-order valence-electron chi connectivity index (χ2n) is 6.39. The Kier molecular flexibility index (Phi) is 10.9. The van der Waals surface area contributed by atoms with E-state index in [1.54, 1.807) is 0 Å². The van der Waals surface area contributed by atoms with Gasteiger partial charge >= 0.3 is 0 Å². The maximum Gasteiger partial charge on any atom is 0.0483 e. The molecule has 0 aliphatic carbocycles. The molecule has 122 valence electrons. The van der Waals surface area contributed by atoms with Crippen LogP contribution in [0, 0.1) is 0 Å². The maximum absolute atomic E-state index is 8.87. The van der Waals surface area contributed by atoms with E-state index in [1.165, 1.54) is 0 Å². The summed E-state index contributed by atoms with van der Waals surface area (Å²) in [6, 6.07) is 0. The van der Waals surface area contributed by atoms with Crippen molar-refractivity contribution in [2.24, 2.45) is 0 Å². The van der Waals surface area contributed by atoms with E-state index in [4.69, 9.17) is 16.7 Å². The molecule has 0 aliphatic rings. The Morgan fingerprint density at radius 3 is 1.65 bits per heavy atom. The summed E-state index contributed by atoms with van der Waals surface area (Å²) in [5.41, 5.74) is 0. The number of alkyl halides is 1. The topological polar surface area (TPSA) is 30.0 Å². The van der Waals surface area contributed by atoms with E-state index in [0.29, 0.717) is 0 Å². The Hall–Kier alpha value is 0.130. The van der Waals surface area contributed by atoms with Gasteiger partial charge in [0, 0.05) is 18.0 Å². The zero-order valence-corrected chi connectivity index (χ0v) is 14.8. The molecule has 0 unspecified atom stereocenters. The van der Waals surface area contributed by atoms with Gasteiger partial charge in [-0.2, -0.15) is 0 Å². The number of aliphatic hydroxyl groups excluding tert-OH is 1. The molecule has 0 rings (SSSR count). The largest absolute Gasteiger partial charge is 0.396 e. The summed E-state index contributed by atoms with van der Waals surface area (Å²) in [5, 5.41) is 8.87. The second kappa shape index (κ2) is 10.8. The highest BCUT2D eigenvalue weighted by atomic mass is 35.5. The quantitative estimate of drug-likeness (QED) is 0.554. The molecule has 0 spiro atoms. The van der Waals surface area contributed by atoms with Gasteiger partial charge in [-0.3, -0.25) is 0 Å². The first kappa shape index (κ1) is 20.1. The zero-order chi connectivity index (χ0) is 15.6. The molecule has 0 aromatic rings. The van der Waals surface area contributed by atoms with Crippen LogP contribution in [0.4, 0.5) is 0 Å². The van der Waals surface area contributed by atoms with Crippen LogP contribution in [0.15, 0.2) is 0 Å². The third kappa shape index (κ3) is 10.9. The van der Waals surface area contributed by atoms with Gasteiger partial charge in [-0.05, 0) is 80.6 Å². The fraction of sp³-hybridized carbons (Fsp3) is 1.00. The standard InChI is InChI=1S/C15H34ClN3O/c1-17(2)11-7-15(16,8-12-18(3)4)9-13-19(5)10-6-14-20/h20H,6-14H2,1-5H3. The van der Waals surface area contributed by atoms with Crippen molar-refractivity contribution in [3.8, 4) is 0 Å². The number of rotatable bonds is 12. The second-order valence-corrected chi connectivity index (χ2v) is 7.19. The van der Waals surface area contributed by atoms with Crippen molar-refractivity contribution < 1.29 is 5.11 Å². The lowest BCUT2D eigenvalue weighted by Gasteiger charge is -2.31. The zero-order valence-electron chi connectivity index (χ0n) is 14.0. The molecule has 0 heterocycles. The smallest absolute Gasteiger partial charge is 0.0483 e. The average molecular weight is 308 g/mol. The number of aliphatic hydroxyl groups is 1. The summed E-state index contributed by atoms with van der Waals surface area (Å²) in [7, 11) is 10.5. The molecule has 0 amide bonds. The minimum absolute atomic E-state index is 0.123. The van der Waals surface area contributed by atoms with Gasteiger partial charge in [0.25, 0.3) is 0 Å². The maximum atomic E-state index is 8.87. The molecule has 0 radical (unpaired) electrons. The molecule has 0 aromatic carbocycles. The van der Waals surface area contributed by atoms with Crippen LogP contribution < -0.4 is 0 Å². The normalized spacial score (nSPS) is 12.9. The summed E-state index contributed by atoms with van der Waals surface area (Å²) < 4.78 is 0. The molecule has 0 saturated carbocycles. The summed E-state index contributed by atoms with van der Waals surface area (Å²) in [4.78, 5) is 6.53. The van der Waals surface area contributed by atoms with Gasteiger partial charge < -0.3 is 19.8 Å². The summed E-state index contributed by atoms with van der Waals surface area (Å²) in [6.07, 6.45) is 3.87. The third-order valence-corrected chi connectivity index (χ3v) is 4.22. The van der Waals surface area contributed by atoms with Crippen molar-refractivity contribution in [3.05, 3.63) is 0 Å². The Labute approximate surface area is 130 Å². The summed E-state index contributed by atoms with van der Waals surface area (Å²) >= 11 is 6.88. The van der Waals surface area contributed by atoms with Crippen molar-refractivity contribution in [1.82, 2.24) is 14.7 Å². The van der Waals surface area contributed by atoms with Crippen molar-refractivity contribution in [3.63, 3.8) is 0 Å². The molecule has 0 aliphatic heterocycles. The van der Waals surface area contributed by atoms with Crippen LogP contribution in [0.2, 0.25) is 0 Å². The Morgan fingerprint density at radius 1 is 0.800 bits per heavy atom. The molecular weight excluding hydrogens is 274 g/mol. The molecule has 0 atom stereocenters. The molecular formula is C15H34ClN3O. The number of hydrogen-bond donors (Lipinski definition) is 1. The predicted octanol–water partition coefficient (Wildman–Crippen LogP) is 1.57. The first-order valence-corrected chi connectivity index (χ1v) is 7.94. The van der Waals surface area contributed by atoms with Crippen LogP contribution in [0.5, 0.6) is 0 Å². The molecule has 0 bridgehead atoms. The Balaban J connectivity index is 4.27. The Morgan fingerprint density at radius 2 is 1.25 bits per heavy atom. The minimum Gasteiger partial charge on any atom is -0.396 e. The lowest BCUT2D eigenvalue weighted by molar-refractivity contribution is 0.233. The van der Waals surface area contributed by atoms with Gasteiger partial charge in [0.1, 0.15) is 0 Å². The highest BCUT2D eigenvalue weighted by Gasteiger charge is 2.27. The van der Waals surface area contributed by atoms with Crippen LogP contribution >= 0.6 is 11.6 Å². The van der Waals surface area contributed by atoms with Gasteiger partial charge in [0.05, 0.1) is 0 Å². The molecule has 5 heteroatoms. The van der Waals surface area contributed by atoms with Crippen LogP contribution in [0.3, 0.4) is 0 Å². The van der Waals surface area contributed by atoms with Gasteiger partial charge in [-0.1, -0.05) is 0 Å². The first-order chi connectivity index (χ1) is 9.29. The highest BCUT2D eigenvalue weighted by molar-refractivity contribution is 6.23. The first-order valence-electron chi connectivity index (χ1n) is 7.57. The Bertz CT molecular complexity index is 225. The van der Waals surface area contributed by atoms with Gasteiger partial charge in [0.2, 0.25) is 0 Å². The number of hydrogen-bond acceptors (Lipinski definition) is 4. The molecule has 1 N–H and O–H groups in total. The van der Waals surface area contributed by atoms with E-state index in [-0.39, 0.29) is 11.5 Å². The summed E-state index contributed by atoms with van der Waals surface area (Å²) in [5.74, 6) is 0. The van der Waals surface area contributed by atoms with Gasteiger partial charge in [-0.25, -0.2) is 0 Å². The van der Waals surface area contributed by atoms with Crippen molar-refractivity contribution in [2.75, 3.05) is 68.0 Å². The van der Waals surface area contributed by atoms with Crippen LogP contribution in [-0.4, -0.2) is 92.7 Å². The molecule has 20 heavy (non-hydrogen) atoms. The molecule has 0 fully saturated rings. The van der Waals surface area contributed by atoms with E-state index in [0.717, 1.165) is 51.9 Å². The summed E-state index contributed by atoms with van der Waals surface area (Å²) in [6.45, 7) is 4.24. The van der Waals surface area contributed by atoms with Crippen molar-refractivity contribution in [2.45, 2.75) is 30.6 Å². The van der Waals surface area contributed by atoms with E-state index in [1.807, 2.05) is 0 Å². The fourth-order valence-corrected chi connectivity index (χ4v) is 2.32. The number of halogens is 1. The predicted molar refractivity (Wildman–Crippen MR) is 88.7 cm³/mol. The lowest BCUT2D eigenvalue weighted by Crippen LogP contribution is -2.35.